The number of aromatic nitrogens is 2. The summed E-state index contributed by atoms with van der Waals surface area (Å²) in [6.07, 6.45) is 3.12. The Morgan fingerprint density at radius 2 is 2.32 bits per heavy atom. The molecule has 0 atom stereocenters. The highest BCUT2D eigenvalue weighted by Crippen LogP contribution is 1.97. The summed E-state index contributed by atoms with van der Waals surface area (Å²) in [5, 5.41) is 11.7. The number of nitrogens with one attached hydrogen (secondary N) is 2. The molecule has 0 fully saturated rings. The molecule has 1 amide bonds. The van der Waals surface area contributed by atoms with Gasteiger partial charge in [0.15, 0.2) is 0 Å². The molecule has 3 N–H and O–H groups in total. The van der Waals surface area contributed by atoms with Crippen molar-refractivity contribution in [2.24, 2.45) is 0 Å². The Labute approximate surface area is 111 Å². The summed E-state index contributed by atoms with van der Waals surface area (Å²) in [6, 6.07) is 0.960. The lowest BCUT2D eigenvalue weighted by molar-refractivity contribution is -0.125. The van der Waals surface area contributed by atoms with Gasteiger partial charge < -0.3 is 20.1 Å². The van der Waals surface area contributed by atoms with Crippen LogP contribution < -0.4 is 10.9 Å². The third-order valence-electron chi connectivity index (χ3n) is 2.36. The van der Waals surface area contributed by atoms with Crippen LogP contribution in [-0.4, -0.2) is 34.2 Å². The number of rotatable bonds is 8. The molecule has 1 rings (SSSR count). The predicted octanol–water partition coefficient (Wildman–Crippen LogP) is 0.299. The first-order valence-electron chi connectivity index (χ1n) is 6.25. The van der Waals surface area contributed by atoms with Gasteiger partial charge >= 0.3 is 0 Å². The average Bonchev–Trinajstić information content (AvgIpc) is 2.35. The lowest BCUT2D eigenvalue weighted by Gasteiger charge is -2.05. The van der Waals surface area contributed by atoms with Crippen LogP contribution in [-0.2, 0) is 16.1 Å². The van der Waals surface area contributed by atoms with Crippen LogP contribution in [0.5, 0.6) is 5.88 Å². The van der Waals surface area contributed by atoms with E-state index >= 15 is 0 Å². The van der Waals surface area contributed by atoms with Crippen molar-refractivity contribution < 1.29 is 14.6 Å². The number of nitrogens with zero attached hydrogens (tertiary/aromatic N) is 1. The van der Waals surface area contributed by atoms with Crippen LogP contribution in [0, 0.1) is 0 Å². The minimum atomic E-state index is -0.465. The highest BCUT2D eigenvalue weighted by atomic mass is 16.5. The van der Waals surface area contributed by atoms with Crippen LogP contribution in [0.3, 0.4) is 0 Å². The monoisotopic (exact) mass is 269 g/mol. The summed E-state index contributed by atoms with van der Waals surface area (Å²) in [7, 11) is 0. The van der Waals surface area contributed by atoms with E-state index in [0.717, 1.165) is 25.3 Å². The van der Waals surface area contributed by atoms with E-state index in [4.69, 9.17) is 9.84 Å². The van der Waals surface area contributed by atoms with Crippen molar-refractivity contribution in [3.63, 3.8) is 0 Å². The van der Waals surface area contributed by atoms with Crippen LogP contribution in [0.25, 0.3) is 0 Å². The third-order valence-corrected chi connectivity index (χ3v) is 2.36. The van der Waals surface area contributed by atoms with E-state index < -0.39 is 5.56 Å². The molecular formula is C12H19N3O4. The fraction of sp³-hybridized carbons (Fsp3) is 0.583. The van der Waals surface area contributed by atoms with Crippen molar-refractivity contribution in [3.8, 4) is 5.88 Å². The molecule has 0 spiro atoms. The van der Waals surface area contributed by atoms with Gasteiger partial charge in [0.05, 0.1) is 12.6 Å². The van der Waals surface area contributed by atoms with E-state index in [2.05, 4.69) is 22.2 Å². The van der Waals surface area contributed by atoms with E-state index in [0.29, 0.717) is 6.61 Å². The van der Waals surface area contributed by atoms with Gasteiger partial charge in [-0.3, -0.25) is 9.59 Å². The molecule has 0 aromatic carbocycles. The van der Waals surface area contributed by atoms with Gasteiger partial charge in [0, 0.05) is 6.61 Å². The van der Waals surface area contributed by atoms with Crippen molar-refractivity contribution >= 4 is 5.91 Å². The zero-order chi connectivity index (χ0) is 14.1. The Morgan fingerprint density at radius 1 is 1.53 bits per heavy atom. The number of ether oxygens (including phenoxy) is 1. The van der Waals surface area contributed by atoms with Gasteiger partial charge in [-0.05, 0) is 6.42 Å². The third kappa shape index (κ3) is 6.56. The maximum Gasteiger partial charge on any atom is 0.254 e. The summed E-state index contributed by atoms with van der Waals surface area (Å²) in [4.78, 5) is 28.5. The van der Waals surface area contributed by atoms with E-state index in [1.54, 1.807) is 0 Å². The number of H-pyrrole nitrogens is 1. The molecule has 0 radical (unpaired) electrons. The van der Waals surface area contributed by atoms with E-state index in [9.17, 15) is 9.59 Å². The standard InChI is InChI=1S/C12H19N3O4/c1-2-3-4-5-19-8-12(18)13-7-9-14-10(16)6-11(17)15-9/h6H,2-5,7-8H2,1H3,(H,13,18)(H2,14,15,16,17). The van der Waals surface area contributed by atoms with E-state index in [-0.39, 0.29) is 30.8 Å². The molecule has 19 heavy (non-hydrogen) atoms. The number of unbranched alkanes of at least 4 members (excludes halogenated alkanes) is 2. The quantitative estimate of drug-likeness (QED) is 0.589. The Bertz CT molecular complexity index is 459. The molecule has 106 valence electrons. The molecule has 0 unspecified atom stereocenters. The molecule has 0 aliphatic carbocycles. The molecule has 7 heteroatoms. The highest BCUT2D eigenvalue weighted by molar-refractivity contribution is 5.77. The van der Waals surface area contributed by atoms with E-state index in [1.807, 2.05) is 0 Å². The second-order valence-corrected chi connectivity index (χ2v) is 4.09. The Balaban J connectivity index is 2.24. The molecule has 1 aromatic rings. The van der Waals surface area contributed by atoms with Gasteiger partial charge in [0.1, 0.15) is 12.4 Å². The zero-order valence-corrected chi connectivity index (χ0v) is 10.9. The largest absolute Gasteiger partial charge is 0.493 e. The van der Waals surface area contributed by atoms with Crippen LogP contribution in [0.2, 0.25) is 0 Å². The Kier molecular flexibility index (Phi) is 6.59. The van der Waals surface area contributed by atoms with Crippen LogP contribution in [0.4, 0.5) is 0 Å². The highest BCUT2D eigenvalue weighted by Gasteiger charge is 2.04. The number of aromatic hydroxyl groups is 1. The summed E-state index contributed by atoms with van der Waals surface area (Å²) in [5.41, 5.74) is -0.465. The Morgan fingerprint density at radius 3 is 3.00 bits per heavy atom. The molecule has 0 saturated carbocycles. The fourth-order valence-corrected chi connectivity index (χ4v) is 1.43. The molecular weight excluding hydrogens is 250 g/mol. The molecule has 0 aliphatic heterocycles. The maximum atomic E-state index is 11.4. The minimum absolute atomic E-state index is 0.0211. The molecule has 1 heterocycles. The van der Waals surface area contributed by atoms with Crippen molar-refractivity contribution in [2.45, 2.75) is 32.7 Å². The lowest BCUT2D eigenvalue weighted by atomic mass is 10.3. The lowest BCUT2D eigenvalue weighted by Crippen LogP contribution is -2.29. The van der Waals surface area contributed by atoms with Crippen molar-refractivity contribution in [1.29, 1.82) is 0 Å². The van der Waals surface area contributed by atoms with Crippen LogP contribution in [0.1, 0.15) is 32.0 Å². The summed E-state index contributed by atoms with van der Waals surface area (Å²) >= 11 is 0. The number of hydrogen-bond acceptors (Lipinski definition) is 5. The van der Waals surface area contributed by atoms with E-state index in [1.165, 1.54) is 0 Å². The second-order valence-electron chi connectivity index (χ2n) is 4.09. The van der Waals surface area contributed by atoms with Crippen molar-refractivity contribution in [2.75, 3.05) is 13.2 Å². The normalized spacial score (nSPS) is 10.4. The number of aromatic amines is 1. The second kappa shape index (κ2) is 8.25. The molecule has 0 bridgehead atoms. The first kappa shape index (κ1) is 15.2. The molecule has 1 aromatic heterocycles. The zero-order valence-electron chi connectivity index (χ0n) is 10.9. The van der Waals surface area contributed by atoms with Gasteiger partial charge in [-0.25, -0.2) is 0 Å². The summed E-state index contributed by atoms with van der Waals surface area (Å²) in [5.74, 6) is -0.462. The number of amides is 1. The SMILES string of the molecule is CCCCCOCC(=O)NCc1nc(O)cc(=O)[nH]1. The summed E-state index contributed by atoms with van der Waals surface area (Å²) in [6.45, 7) is 2.67. The average molecular weight is 269 g/mol. The van der Waals surface area contributed by atoms with Gasteiger partial charge in [0.2, 0.25) is 11.8 Å². The number of hydrogen-bond donors (Lipinski definition) is 3. The maximum absolute atomic E-state index is 11.4. The molecule has 7 nitrogen and oxygen atoms in total. The Hall–Kier alpha value is -1.89. The van der Waals surface area contributed by atoms with Crippen molar-refractivity contribution in [1.82, 2.24) is 15.3 Å². The number of carbonyl (C=O) groups is 1. The van der Waals surface area contributed by atoms with Gasteiger partial charge in [0.25, 0.3) is 5.56 Å². The smallest absolute Gasteiger partial charge is 0.254 e. The minimum Gasteiger partial charge on any atom is -0.493 e. The van der Waals surface area contributed by atoms with Gasteiger partial charge in [-0.1, -0.05) is 19.8 Å². The predicted molar refractivity (Wildman–Crippen MR) is 68.7 cm³/mol. The first-order valence-corrected chi connectivity index (χ1v) is 6.25. The fourth-order valence-electron chi connectivity index (χ4n) is 1.43. The first-order chi connectivity index (χ1) is 9.11. The molecule has 0 aliphatic rings. The van der Waals surface area contributed by atoms with Crippen LogP contribution in [0.15, 0.2) is 10.9 Å². The van der Waals surface area contributed by atoms with Gasteiger partial charge in [-0.15, -0.1) is 0 Å². The summed E-state index contributed by atoms with van der Waals surface area (Å²) < 4.78 is 5.18. The van der Waals surface area contributed by atoms with Crippen LogP contribution >= 0.6 is 0 Å². The molecule has 0 saturated heterocycles. The van der Waals surface area contributed by atoms with Crippen molar-refractivity contribution in [3.05, 3.63) is 22.2 Å². The topological polar surface area (TPSA) is 104 Å². The van der Waals surface area contributed by atoms with Gasteiger partial charge in [-0.2, -0.15) is 4.98 Å². The number of carbonyl (C=O) groups excluding carboxylic acids is 1.